The number of nitrogens with zero attached hydrogens (tertiary/aromatic N) is 1. The highest BCUT2D eigenvalue weighted by atomic mass is 35.5. The van der Waals surface area contributed by atoms with Crippen molar-refractivity contribution in [3.05, 3.63) is 53.9 Å². The van der Waals surface area contributed by atoms with Gasteiger partial charge in [-0.15, -0.1) is 11.6 Å². The number of halogens is 1. The van der Waals surface area contributed by atoms with Crippen molar-refractivity contribution >= 4 is 11.6 Å². The quantitative estimate of drug-likeness (QED) is 0.729. The van der Waals surface area contributed by atoms with Crippen molar-refractivity contribution in [1.82, 2.24) is 10.2 Å². The Bertz CT molecular complexity index is 356. The molecule has 0 bridgehead atoms. The Morgan fingerprint density at radius 1 is 1.15 bits per heavy atom. The second kappa shape index (κ2) is 3.62. The van der Waals surface area contributed by atoms with Gasteiger partial charge in [-0.25, -0.2) is 0 Å². The van der Waals surface area contributed by atoms with Crippen LogP contribution in [0.25, 0.3) is 0 Å². The van der Waals surface area contributed by atoms with Crippen LogP contribution in [-0.4, -0.2) is 10.2 Å². The molecule has 2 aromatic rings. The zero-order chi connectivity index (χ0) is 9.10. The summed E-state index contributed by atoms with van der Waals surface area (Å²) in [7, 11) is 0. The summed E-state index contributed by atoms with van der Waals surface area (Å²) in [6.07, 6.45) is 3.55. The van der Waals surface area contributed by atoms with Gasteiger partial charge in [-0.2, -0.15) is 5.10 Å². The van der Waals surface area contributed by atoms with Crippen LogP contribution >= 0.6 is 11.6 Å². The first kappa shape index (κ1) is 8.32. The molecular weight excluding hydrogens is 184 g/mol. The van der Waals surface area contributed by atoms with E-state index in [4.69, 9.17) is 11.6 Å². The number of hydrogen-bond donors (Lipinski definition) is 1. The molecule has 66 valence electrons. The van der Waals surface area contributed by atoms with Crippen LogP contribution in [0.4, 0.5) is 0 Å². The number of hydrogen-bond acceptors (Lipinski definition) is 1. The second-order valence-corrected chi connectivity index (χ2v) is 3.24. The molecule has 0 fully saturated rings. The molecule has 2 nitrogen and oxygen atoms in total. The van der Waals surface area contributed by atoms with E-state index in [0.717, 1.165) is 11.1 Å². The maximum atomic E-state index is 6.21. The van der Waals surface area contributed by atoms with E-state index in [1.165, 1.54) is 0 Å². The van der Waals surface area contributed by atoms with Gasteiger partial charge in [-0.05, 0) is 5.56 Å². The van der Waals surface area contributed by atoms with E-state index in [9.17, 15) is 0 Å². The van der Waals surface area contributed by atoms with Crippen molar-refractivity contribution in [2.75, 3.05) is 0 Å². The van der Waals surface area contributed by atoms with E-state index < -0.39 is 0 Å². The van der Waals surface area contributed by atoms with Crippen molar-refractivity contribution in [2.45, 2.75) is 5.38 Å². The van der Waals surface area contributed by atoms with Crippen molar-refractivity contribution < 1.29 is 0 Å². The van der Waals surface area contributed by atoms with Gasteiger partial charge in [0.15, 0.2) is 0 Å². The fraction of sp³-hybridized carbons (Fsp3) is 0.100. The second-order valence-electron chi connectivity index (χ2n) is 2.80. The van der Waals surface area contributed by atoms with E-state index >= 15 is 0 Å². The Balaban J connectivity index is 2.29. The van der Waals surface area contributed by atoms with Gasteiger partial charge in [0.25, 0.3) is 0 Å². The average Bonchev–Trinajstić information content (AvgIpc) is 2.71. The maximum absolute atomic E-state index is 6.21. The molecule has 0 aliphatic rings. The van der Waals surface area contributed by atoms with Gasteiger partial charge >= 0.3 is 0 Å². The molecule has 0 spiro atoms. The molecule has 0 saturated carbocycles. The molecular formula is C10H9ClN2. The summed E-state index contributed by atoms with van der Waals surface area (Å²) < 4.78 is 0. The van der Waals surface area contributed by atoms with Crippen LogP contribution in [0.2, 0.25) is 0 Å². The lowest BCUT2D eigenvalue weighted by atomic mass is 10.1. The highest BCUT2D eigenvalue weighted by Crippen LogP contribution is 2.27. The van der Waals surface area contributed by atoms with Crippen LogP contribution < -0.4 is 0 Å². The van der Waals surface area contributed by atoms with Crippen LogP contribution in [0, 0.1) is 0 Å². The summed E-state index contributed by atoms with van der Waals surface area (Å²) in [5.74, 6) is 0. The Labute approximate surface area is 81.6 Å². The third kappa shape index (κ3) is 1.73. The van der Waals surface area contributed by atoms with E-state index in [2.05, 4.69) is 10.2 Å². The molecule has 2 rings (SSSR count). The molecule has 0 aliphatic heterocycles. The molecule has 1 atom stereocenters. The number of benzene rings is 1. The van der Waals surface area contributed by atoms with Gasteiger partial charge in [-0.1, -0.05) is 30.3 Å². The first-order valence-corrected chi connectivity index (χ1v) is 4.49. The highest BCUT2D eigenvalue weighted by molar-refractivity contribution is 6.22. The maximum Gasteiger partial charge on any atom is 0.0865 e. The van der Waals surface area contributed by atoms with Gasteiger partial charge in [0.2, 0.25) is 0 Å². The fourth-order valence-electron chi connectivity index (χ4n) is 1.21. The van der Waals surface area contributed by atoms with Crippen molar-refractivity contribution in [2.24, 2.45) is 0 Å². The lowest BCUT2D eigenvalue weighted by Gasteiger charge is -2.05. The zero-order valence-corrected chi connectivity index (χ0v) is 7.70. The molecule has 1 N–H and O–H groups in total. The largest absolute Gasteiger partial charge is 0.285 e. The Kier molecular flexibility index (Phi) is 2.32. The van der Waals surface area contributed by atoms with Gasteiger partial charge in [-0.3, -0.25) is 5.10 Å². The van der Waals surface area contributed by atoms with Crippen molar-refractivity contribution in [3.63, 3.8) is 0 Å². The van der Waals surface area contributed by atoms with E-state index in [1.54, 1.807) is 6.20 Å². The summed E-state index contributed by atoms with van der Waals surface area (Å²) in [6, 6.07) is 9.94. The number of aromatic amines is 1. The lowest BCUT2D eigenvalue weighted by Crippen LogP contribution is -1.89. The van der Waals surface area contributed by atoms with Crippen molar-refractivity contribution in [3.8, 4) is 0 Å². The molecule has 3 heteroatoms. The highest BCUT2D eigenvalue weighted by Gasteiger charge is 2.10. The number of rotatable bonds is 2. The third-order valence-electron chi connectivity index (χ3n) is 1.90. The van der Waals surface area contributed by atoms with Gasteiger partial charge in [0.1, 0.15) is 0 Å². The summed E-state index contributed by atoms with van der Waals surface area (Å²) in [5.41, 5.74) is 2.08. The molecule has 1 aromatic heterocycles. The lowest BCUT2D eigenvalue weighted by molar-refractivity contribution is 1.09. The van der Waals surface area contributed by atoms with E-state index in [1.807, 2.05) is 36.5 Å². The normalized spacial score (nSPS) is 12.7. The Morgan fingerprint density at radius 2 is 1.92 bits per heavy atom. The van der Waals surface area contributed by atoms with Crippen LogP contribution in [0.15, 0.2) is 42.7 Å². The predicted octanol–water partition coefficient (Wildman–Crippen LogP) is 2.74. The summed E-state index contributed by atoms with van der Waals surface area (Å²) >= 11 is 6.21. The van der Waals surface area contributed by atoms with E-state index in [0.29, 0.717) is 0 Å². The molecule has 1 heterocycles. The van der Waals surface area contributed by atoms with Crippen LogP contribution in [0.5, 0.6) is 0 Å². The SMILES string of the molecule is Cl[C@@H](c1ccccc1)c1cn[nH]c1. The summed E-state index contributed by atoms with van der Waals surface area (Å²) in [4.78, 5) is 0. The molecule has 0 unspecified atom stereocenters. The first-order chi connectivity index (χ1) is 6.38. The molecule has 0 aliphatic carbocycles. The minimum absolute atomic E-state index is 0.111. The topological polar surface area (TPSA) is 28.7 Å². The molecule has 0 saturated heterocycles. The Hall–Kier alpha value is -1.28. The number of alkyl halides is 1. The minimum atomic E-state index is -0.111. The summed E-state index contributed by atoms with van der Waals surface area (Å²) in [5, 5.41) is 6.49. The van der Waals surface area contributed by atoms with Gasteiger partial charge < -0.3 is 0 Å². The monoisotopic (exact) mass is 192 g/mol. The van der Waals surface area contributed by atoms with Gasteiger partial charge in [0, 0.05) is 11.8 Å². The smallest absolute Gasteiger partial charge is 0.0865 e. The minimum Gasteiger partial charge on any atom is -0.285 e. The average molecular weight is 193 g/mol. The number of nitrogens with one attached hydrogen (secondary N) is 1. The van der Waals surface area contributed by atoms with Crippen LogP contribution in [-0.2, 0) is 0 Å². The fourth-order valence-corrected chi connectivity index (χ4v) is 1.48. The predicted molar refractivity (Wildman–Crippen MR) is 52.7 cm³/mol. The molecule has 1 aromatic carbocycles. The van der Waals surface area contributed by atoms with Crippen LogP contribution in [0.1, 0.15) is 16.5 Å². The number of H-pyrrole nitrogens is 1. The zero-order valence-electron chi connectivity index (χ0n) is 6.94. The first-order valence-electron chi connectivity index (χ1n) is 4.05. The number of aromatic nitrogens is 2. The van der Waals surface area contributed by atoms with Crippen molar-refractivity contribution in [1.29, 1.82) is 0 Å². The van der Waals surface area contributed by atoms with Gasteiger partial charge in [0.05, 0.1) is 11.6 Å². The third-order valence-corrected chi connectivity index (χ3v) is 2.41. The summed E-state index contributed by atoms with van der Waals surface area (Å²) in [6.45, 7) is 0. The molecule has 0 amide bonds. The van der Waals surface area contributed by atoms with Crippen LogP contribution in [0.3, 0.4) is 0 Å². The standard InChI is InChI=1S/C10H9ClN2/c11-10(9-6-12-13-7-9)8-4-2-1-3-5-8/h1-7,10H,(H,12,13)/t10-/m0/s1. The molecule has 13 heavy (non-hydrogen) atoms. The molecule has 0 radical (unpaired) electrons. The van der Waals surface area contributed by atoms with E-state index in [-0.39, 0.29) is 5.38 Å². The Morgan fingerprint density at radius 3 is 2.54 bits per heavy atom.